The zero-order valence-electron chi connectivity index (χ0n) is 20.8. The summed E-state index contributed by atoms with van der Waals surface area (Å²) in [6, 6.07) is 14.9. The van der Waals surface area contributed by atoms with Crippen LogP contribution in [0.25, 0.3) is 0 Å². The molecule has 0 spiro atoms. The van der Waals surface area contributed by atoms with Crippen molar-refractivity contribution in [3.05, 3.63) is 71.8 Å². The van der Waals surface area contributed by atoms with Gasteiger partial charge in [-0.3, -0.25) is 15.0 Å². The van der Waals surface area contributed by atoms with Gasteiger partial charge in [0.15, 0.2) is 0 Å². The molecule has 12 nitrogen and oxygen atoms in total. The first-order chi connectivity index (χ1) is 18.2. The van der Waals surface area contributed by atoms with Crippen LogP contribution in [0.2, 0.25) is 0 Å². The normalized spacial score (nSPS) is 18.5. The molecular weight excluding hydrogens is 496 g/mol. The number of methoxy groups -OCH3 is 2. The number of ether oxygens (including phenoxy) is 3. The van der Waals surface area contributed by atoms with Crippen LogP contribution in [0.15, 0.2) is 60.7 Å². The minimum atomic E-state index is -1.74. The third kappa shape index (κ3) is 4.68. The highest BCUT2D eigenvalue weighted by Crippen LogP contribution is 2.42. The Kier molecular flexibility index (Phi) is 7.44. The van der Waals surface area contributed by atoms with Gasteiger partial charge in [0.25, 0.3) is 0 Å². The molecule has 1 aromatic heterocycles. The number of carbonyl (C=O) groups excluding carboxylic acids is 1. The summed E-state index contributed by atoms with van der Waals surface area (Å²) in [6.07, 6.45) is -1.74. The smallest absolute Gasteiger partial charge is 0.347 e. The second-order valence-corrected chi connectivity index (χ2v) is 8.39. The van der Waals surface area contributed by atoms with Crippen LogP contribution in [-0.4, -0.2) is 70.9 Å². The topological polar surface area (TPSA) is 160 Å². The summed E-state index contributed by atoms with van der Waals surface area (Å²) in [5.41, 5.74) is -0.702. The third-order valence-electron chi connectivity index (χ3n) is 6.27. The molecular formula is C26H26N4O8. The number of carbonyl (C=O) groups is 3. The van der Waals surface area contributed by atoms with E-state index < -0.39 is 42.1 Å². The van der Waals surface area contributed by atoms with Gasteiger partial charge in [-0.2, -0.15) is 9.97 Å². The van der Waals surface area contributed by atoms with Crippen LogP contribution in [0.3, 0.4) is 0 Å². The first-order valence-electron chi connectivity index (χ1n) is 11.5. The number of amides is 1. The quantitative estimate of drug-likeness (QED) is 0.375. The summed E-state index contributed by atoms with van der Waals surface area (Å²) in [4.78, 5) is 47.6. The minimum Gasteiger partial charge on any atom is -0.481 e. The monoisotopic (exact) mass is 522 g/mol. The van der Waals surface area contributed by atoms with Crippen molar-refractivity contribution in [2.45, 2.75) is 24.6 Å². The van der Waals surface area contributed by atoms with Gasteiger partial charge in [0.2, 0.25) is 23.8 Å². The lowest BCUT2D eigenvalue weighted by Gasteiger charge is -2.39. The molecule has 1 unspecified atom stereocenters. The summed E-state index contributed by atoms with van der Waals surface area (Å²) in [5.74, 6) is -3.02. The largest absolute Gasteiger partial charge is 0.481 e. The van der Waals surface area contributed by atoms with E-state index in [1.165, 1.54) is 27.2 Å². The lowest BCUT2D eigenvalue weighted by molar-refractivity contribution is -0.149. The maximum absolute atomic E-state index is 13.3. The van der Waals surface area contributed by atoms with Crippen LogP contribution in [0.5, 0.6) is 17.8 Å². The molecule has 12 heteroatoms. The van der Waals surface area contributed by atoms with E-state index >= 15 is 0 Å². The molecule has 3 atom stereocenters. The SMILES string of the molecule is COc1cc(OC)nc(O[C@H](C(=O)O)[C@@]2(c3ccccc3)NCC(=O)N(C(C)C(=O)O)c3ccccc32)n1. The summed E-state index contributed by atoms with van der Waals surface area (Å²) in [5, 5.41) is 23.4. The van der Waals surface area contributed by atoms with Gasteiger partial charge < -0.3 is 24.4 Å². The Morgan fingerprint density at radius 2 is 1.58 bits per heavy atom. The Balaban J connectivity index is 2.00. The second kappa shape index (κ2) is 10.7. The van der Waals surface area contributed by atoms with Crippen molar-refractivity contribution in [3.8, 4) is 17.8 Å². The molecule has 198 valence electrons. The fraction of sp³-hybridized carbons (Fsp3) is 0.269. The molecule has 0 saturated carbocycles. The van der Waals surface area contributed by atoms with Crippen LogP contribution in [-0.2, 0) is 19.9 Å². The Morgan fingerprint density at radius 3 is 2.16 bits per heavy atom. The Labute approximate surface area is 217 Å². The number of benzene rings is 2. The number of carboxylic acid groups (broad SMARTS) is 2. The van der Waals surface area contributed by atoms with Crippen molar-refractivity contribution < 1.29 is 38.8 Å². The second-order valence-electron chi connectivity index (χ2n) is 8.39. The molecule has 0 fully saturated rings. The van der Waals surface area contributed by atoms with Crippen LogP contribution in [0.4, 0.5) is 5.69 Å². The number of anilines is 1. The maximum Gasteiger partial charge on any atom is 0.347 e. The molecule has 3 N–H and O–H groups in total. The van der Waals surface area contributed by atoms with E-state index in [2.05, 4.69) is 15.3 Å². The van der Waals surface area contributed by atoms with E-state index in [4.69, 9.17) is 14.2 Å². The van der Waals surface area contributed by atoms with Crippen LogP contribution in [0, 0.1) is 0 Å². The fourth-order valence-corrected chi connectivity index (χ4v) is 4.50. The van der Waals surface area contributed by atoms with E-state index in [9.17, 15) is 24.6 Å². The highest BCUT2D eigenvalue weighted by Gasteiger charge is 2.52. The molecule has 1 amide bonds. The molecule has 3 aromatic rings. The van der Waals surface area contributed by atoms with Gasteiger partial charge in [0, 0.05) is 5.56 Å². The van der Waals surface area contributed by atoms with Crippen LogP contribution in [0.1, 0.15) is 18.1 Å². The highest BCUT2D eigenvalue weighted by atomic mass is 16.5. The van der Waals surface area contributed by atoms with Crippen LogP contribution < -0.4 is 24.4 Å². The first kappa shape index (κ1) is 26.4. The van der Waals surface area contributed by atoms with Crippen molar-refractivity contribution in [1.82, 2.24) is 15.3 Å². The van der Waals surface area contributed by atoms with E-state index in [0.717, 1.165) is 4.90 Å². The average molecular weight is 523 g/mol. The van der Waals surface area contributed by atoms with Gasteiger partial charge >= 0.3 is 17.9 Å². The number of aromatic nitrogens is 2. The van der Waals surface area contributed by atoms with Crippen molar-refractivity contribution in [3.63, 3.8) is 0 Å². The number of rotatable bonds is 9. The van der Waals surface area contributed by atoms with Crippen molar-refractivity contribution >= 4 is 23.5 Å². The summed E-state index contributed by atoms with van der Waals surface area (Å²) < 4.78 is 16.3. The Morgan fingerprint density at radius 1 is 0.974 bits per heavy atom. The standard InChI is InChI=1S/C26H26N4O8/c1-15(23(32)33)30-18-12-8-7-11-17(18)26(27-14-21(30)31,16-9-5-4-6-10-16)22(24(34)35)38-25-28-19(36-2)13-20(29-25)37-3/h4-13,15,22,27H,14H2,1-3H3,(H,32,33)(H,34,35)/t15?,22-,26+/m1/s1. The fourth-order valence-electron chi connectivity index (χ4n) is 4.50. The van der Waals surface area contributed by atoms with Crippen molar-refractivity contribution in [1.29, 1.82) is 0 Å². The number of hydrogen-bond donors (Lipinski definition) is 3. The number of nitrogens with zero attached hydrogens (tertiary/aromatic N) is 3. The molecule has 2 heterocycles. The van der Waals surface area contributed by atoms with Gasteiger partial charge in [0.1, 0.15) is 11.6 Å². The number of para-hydroxylation sites is 1. The van der Waals surface area contributed by atoms with Crippen LogP contribution >= 0.6 is 0 Å². The first-order valence-corrected chi connectivity index (χ1v) is 11.5. The minimum absolute atomic E-state index is 0.0793. The van der Waals surface area contributed by atoms with Crippen molar-refractivity contribution in [2.24, 2.45) is 0 Å². The Hall–Kier alpha value is -4.71. The maximum atomic E-state index is 13.3. The molecule has 0 aliphatic carbocycles. The zero-order chi connectivity index (χ0) is 27.4. The molecule has 4 rings (SSSR count). The number of hydrogen-bond acceptors (Lipinski definition) is 9. The van der Waals surface area contributed by atoms with Gasteiger partial charge in [0.05, 0.1) is 32.5 Å². The van der Waals surface area contributed by atoms with Crippen molar-refractivity contribution in [2.75, 3.05) is 25.7 Å². The van der Waals surface area contributed by atoms with E-state index in [1.807, 2.05) is 0 Å². The third-order valence-corrected chi connectivity index (χ3v) is 6.27. The van der Waals surface area contributed by atoms with Gasteiger partial charge in [-0.25, -0.2) is 9.59 Å². The predicted octanol–water partition coefficient (Wildman–Crippen LogP) is 1.68. The summed E-state index contributed by atoms with van der Waals surface area (Å²) in [6.45, 7) is 0.991. The van der Waals surface area contributed by atoms with Gasteiger partial charge in [-0.05, 0) is 18.6 Å². The molecule has 2 aromatic carbocycles. The van der Waals surface area contributed by atoms with Gasteiger partial charge in [-0.1, -0.05) is 48.5 Å². The number of aliphatic carboxylic acids is 2. The molecule has 1 aliphatic heterocycles. The summed E-state index contributed by atoms with van der Waals surface area (Å²) >= 11 is 0. The number of carboxylic acids is 2. The molecule has 0 bridgehead atoms. The molecule has 1 aliphatic rings. The number of nitrogens with one attached hydrogen (secondary N) is 1. The molecule has 0 saturated heterocycles. The predicted molar refractivity (Wildman–Crippen MR) is 133 cm³/mol. The van der Waals surface area contributed by atoms with E-state index in [-0.39, 0.29) is 23.5 Å². The zero-order valence-corrected chi connectivity index (χ0v) is 20.8. The van der Waals surface area contributed by atoms with E-state index in [1.54, 1.807) is 54.6 Å². The Bertz CT molecular complexity index is 1330. The molecule has 0 radical (unpaired) electrons. The van der Waals surface area contributed by atoms with E-state index in [0.29, 0.717) is 11.1 Å². The van der Waals surface area contributed by atoms with Gasteiger partial charge in [-0.15, -0.1) is 0 Å². The molecule has 38 heavy (non-hydrogen) atoms. The lowest BCUT2D eigenvalue weighted by atomic mass is 9.77. The number of fused-ring (bicyclic) bond motifs is 1. The average Bonchev–Trinajstić information content (AvgIpc) is 3.05. The highest BCUT2D eigenvalue weighted by molar-refractivity contribution is 6.02. The lowest BCUT2D eigenvalue weighted by Crippen LogP contribution is -2.58. The summed E-state index contributed by atoms with van der Waals surface area (Å²) in [7, 11) is 2.75.